The van der Waals surface area contributed by atoms with Crippen molar-refractivity contribution in [1.82, 2.24) is 19.2 Å². The van der Waals surface area contributed by atoms with Crippen LogP contribution < -0.4 is 4.74 Å². The molecule has 0 unspecified atom stereocenters. The summed E-state index contributed by atoms with van der Waals surface area (Å²) in [5.74, 6) is 1.90. The molecule has 1 saturated heterocycles. The van der Waals surface area contributed by atoms with Crippen molar-refractivity contribution in [1.29, 1.82) is 0 Å². The third kappa shape index (κ3) is 3.79. The molecule has 0 amide bonds. The Hall–Kier alpha value is -1.96. The summed E-state index contributed by atoms with van der Waals surface area (Å²) >= 11 is 7.45. The Kier molecular flexibility index (Phi) is 5.94. The molecule has 3 aromatic rings. The molecule has 1 fully saturated rings. The van der Waals surface area contributed by atoms with Crippen molar-refractivity contribution in [3.05, 3.63) is 52.1 Å². The van der Waals surface area contributed by atoms with Crippen molar-refractivity contribution in [2.75, 3.05) is 13.2 Å². The lowest BCUT2D eigenvalue weighted by atomic mass is 10.0. The van der Waals surface area contributed by atoms with Gasteiger partial charge in [0.2, 0.25) is 0 Å². The Labute approximate surface area is 175 Å². The zero-order chi connectivity index (χ0) is 19.5. The summed E-state index contributed by atoms with van der Waals surface area (Å²) in [6.45, 7) is 7.44. The summed E-state index contributed by atoms with van der Waals surface area (Å²) < 4.78 is 10.5. The maximum atomic E-state index is 5.75. The van der Waals surface area contributed by atoms with Crippen LogP contribution in [0.2, 0.25) is 0 Å². The molecule has 1 aliphatic heterocycles. The van der Waals surface area contributed by atoms with Crippen molar-refractivity contribution >= 4 is 23.6 Å². The van der Waals surface area contributed by atoms with Crippen molar-refractivity contribution in [3.63, 3.8) is 0 Å². The Bertz CT molecular complexity index is 959. The first-order chi connectivity index (χ1) is 13.7. The molecule has 1 atom stereocenters. The van der Waals surface area contributed by atoms with Gasteiger partial charge in [-0.25, -0.2) is 4.68 Å². The van der Waals surface area contributed by atoms with E-state index in [0.29, 0.717) is 12.6 Å². The standard InChI is InChI=1S/C21H26N4OS2/c1-3-24-20(19-8-6-14-28-19)22-25(21(24)27)15-23-13-5-7-18(23)16-9-11-17(12-10-16)26-4-2/h6,8-12,14,18H,3-5,7,13,15H2,1-2H3/t18-/m0/s1. The van der Waals surface area contributed by atoms with Gasteiger partial charge >= 0.3 is 0 Å². The summed E-state index contributed by atoms with van der Waals surface area (Å²) in [4.78, 5) is 3.65. The molecule has 0 spiro atoms. The van der Waals surface area contributed by atoms with E-state index in [4.69, 9.17) is 22.1 Å². The molecule has 0 aliphatic carbocycles. The van der Waals surface area contributed by atoms with E-state index < -0.39 is 0 Å². The minimum absolute atomic E-state index is 0.398. The second-order valence-electron chi connectivity index (χ2n) is 6.94. The number of aromatic nitrogens is 3. The molecule has 0 bridgehead atoms. The van der Waals surface area contributed by atoms with E-state index in [1.54, 1.807) is 11.3 Å². The smallest absolute Gasteiger partial charge is 0.199 e. The zero-order valence-corrected chi connectivity index (χ0v) is 18.0. The molecule has 7 heteroatoms. The number of likely N-dealkylation sites (tertiary alicyclic amines) is 1. The highest BCUT2D eigenvalue weighted by molar-refractivity contribution is 7.71. The fraction of sp³-hybridized carbons (Fsp3) is 0.429. The van der Waals surface area contributed by atoms with Gasteiger partial charge in [-0.05, 0) is 68.0 Å². The monoisotopic (exact) mass is 414 g/mol. The first-order valence-corrected chi connectivity index (χ1v) is 11.2. The van der Waals surface area contributed by atoms with Crippen molar-refractivity contribution in [3.8, 4) is 16.5 Å². The summed E-state index contributed by atoms with van der Waals surface area (Å²) in [6.07, 6.45) is 2.35. The lowest BCUT2D eigenvalue weighted by Crippen LogP contribution is -2.27. The van der Waals surface area contributed by atoms with Gasteiger partial charge < -0.3 is 4.74 Å². The third-order valence-electron chi connectivity index (χ3n) is 5.24. The lowest BCUT2D eigenvalue weighted by molar-refractivity contribution is 0.189. The Morgan fingerprint density at radius 3 is 2.71 bits per heavy atom. The highest BCUT2D eigenvalue weighted by atomic mass is 32.1. The van der Waals surface area contributed by atoms with Gasteiger partial charge in [-0.3, -0.25) is 9.47 Å². The average Bonchev–Trinajstić information content (AvgIpc) is 3.44. The van der Waals surface area contributed by atoms with E-state index in [0.717, 1.165) is 47.4 Å². The Balaban J connectivity index is 1.57. The SMILES string of the molecule is CCOc1ccc([C@@H]2CCCN2Cn2nc(-c3cccs3)n(CC)c2=S)cc1. The minimum atomic E-state index is 0.398. The van der Waals surface area contributed by atoms with Crippen molar-refractivity contribution in [2.24, 2.45) is 0 Å². The summed E-state index contributed by atoms with van der Waals surface area (Å²) in [5.41, 5.74) is 1.33. The van der Waals surface area contributed by atoms with Gasteiger partial charge in [0.15, 0.2) is 10.6 Å². The second-order valence-corrected chi connectivity index (χ2v) is 8.25. The van der Waals surface area contributed by atoms with Gasteiger partial charge in [-0.1, -0.05) is 18.2 Å². The van der Waals surface area contributed by atoms with E-state index >= 15 is 0 Å². The molecular weight excluding hydrogens is 388 g/mol. The van der Waals surface area contributed by atoms with E-state index in [1.165, 1.54) is 12.0 Å². The summed E-state index contributed by atoms with van der Waals surface area (Å²) in [6, 6.07) is 13.1. The van der Waals surface area contributed by atoms with Crippen LogP contribution in [-0.2, 0) is 13.2 Å². The van der Waals surface area contributed by atoms with Gasteiger partial charge in [0, 0.05) is 19.1 Å². The number of hydrogen-bond donors (Lipinski definition) is 0. The fourth-order valence-electron chi connectivity index (χ4n) is 3.90. The topological polar surface area (TPSA) is 35.2 Å². The molecule has 148 valence electrons. The number of hydrogen-bond acceptors (Lipinski definition) is 5. The predicted molar refractivity (Wildman–Crippen MR) is 116 cm³/mol. The van der Waals surface area contributed by atoms with Gasteiger partial charge in [-0.2, -0.15) is 0 Å². The Morgan fingerprint density at radius 1 is 1.21 bits per heavy atom. The molecule has 0 N–H and O–H groups in total. The summed E-state index contributed by atoms with van der Waals surface area (Å²) in [5, 5.41) is 6.96. The van der Waals surface area contributed by atoms with E-state index in [9.17, 15) is 0 Å². The second kappa shape index (κ2) is 8.59. The molecule has 0 radical (unpaired) electrons. The Morgan fingerprint density at radius 2 is 2.04 bits per heavy atom. The molecule has 5 nitrogen and oxygen atoms in total. The van der Waals surface area contributed by atoms with Crippen LogP contribution >= 0.6 is 23.6 Å². The quantitative estimate of drug-likeness (QED) is 0.488. The van der Waals surface area contributed by atoms with Crippen LogP contribution in [0.1, 0.15) is 38.3 Å². The zero-order valence-electron chi connectivity index (χ0n) is 16.4. The third-order valence-corrected chi connectivity index (χ3v) is 6.53. The van der Waals surface area contributed by atoms with E-state index in [2.05, 4.69) is 58.2 Å². The molecule has 3 heterocycles. The first-order valence-electron chi connectivity index (χ1n) is 9.89. The fourth-order valence-corrected chi connectivity index (χ4v) is 4.94. The number of ether oxygens (including phenoxy) is 1. The minimum Gasteiger partial charge on any atom is -0.494 e. The summed E-state index contributed by atoms with van der Waals surface area (Å²) in [7, 11) is 0. The van der Waals surface area contributed by atoms with E-state index in [1.807, 2.05) is 11.6 Å². The van der Waals surface area contributed by atoms with Crippen LogP contribution in [0.4, 0.5) is 0 Å². The average molecular weight is 415 g/mol. The van der Waals surface area contributed by atoms with Crippen LogP contribution in [0, 0.1) is 4.77 Å². The highest BCUT2D eigenvalue weighted by Gasteiger charge is 2.27. The number of rotatable bonds is 7. The first kappa shape index (κ1) is 19.4. The number of nitrogens with zero attached hydrogens (tertiary/aromatic N) is 4. The van der Waals surface area contributed by atoms with Crippen molar-refractivity contribution < 1.29 is 4.74 Å². The maximum Gasteiger partial charge on any atom is 0.199 e. The van der Waals surface area contributed by atoms with Gasteiger partial charge in [0.25, 0.3) is 0 Å². The molecule has 0 saturated carbocycles. The van der Waals surface area contributed by atoms with Crippen LogP contribution in [0.5, 0.6) is 5.75 Å². The molecule has 2 aromatic heterocycles. The maximum absolute atomic E-state index is 5.75. The molecule has 4 rings (SSSR count). The molecule has 1 aromatic carbocycles. The van der Waals surface area contributed by atoms with Gasteiger partial charge in [-0.15, -0.1) is 16.4 Å². The van der Waals surface area contributed by atoms with Crippen LogP contribution in [0.15, 0.2) is 41.8 Å². The van der Waals surface area contributed by atoms with Crippen LogP contribution in [0.25, 0.3) is 10.7 Å². The van der Waals surface area contributed by atoms with Crippen LogP contribution in [-0.4, -0.2) is 32.4 Å². The molecule has 28 heavy (non-hydrogen) atoms. The lowest BCUT2D eigenvalue weighted by Gasteiger charge is -2.24. The highest BCUT2D eigenvalue weighted by Crippen LogP contribution is 2.33. The van der Waals surface area contributed by atoms with E-state index in [-0.39, 0.29) is 0 Å². The van der Waals surface area contributed by atoms with Crippen molar-refractivity contribution in [2.45, 2.75) is 45.9 Å². The van der Waals surface area contributed by atoms with Gasteiger partial charge in [0.05, 0.1) is 18.2 Å². The van der Waals surface area contributed by atoms with Crippen LogP contribution in [0.3, 0.4) is 0 Å². The normalized spacial score (nSPS) is 17.3. The molecular formula is C21H26N4OS2. The predicted octanol–water partition coefficient (Wildman–Crippen LogP) is 5.36. The number of thiophene rings is 1. The van der Waals surface area contributed by atoms with Gasteiger partial charge in [0.1, 0.15) is 5.75 Å². The molecule has 1 aliphatic rings. The number of benzene rings is 1. The largest absolute Gasteiger partial charge is 0.494 e.